The number of hydrogen-bond donors (Lipinski definition) is 0. The molecule has 0 amide bonds. The molecule has 1 aliphatic heterocycles. The predicted molar refractivity (Wildman–Crippen MR) is 99.0 cm³/mol. The predicted octanol–water partition coefficient (Wildman–Crippen LogP) is 2.93. The van der Waals surface area contributed by atoms with Crippen LogP contribution in [0, 0.1) is 0 Å². The summed E-state index contributed by atoms with van der Waals surface area (Å²) in [6.45, 7) is 5.45. The zero-order chi connectivity index (χ0) is 17.6. The van der Waals surface area contributed by atoms with E-state index in [4.69, 9.17) is 4.74 Å². The first-order valence-electron chi connectivity index (χ1n) is 8.81. The van der Waals surface area contributed by atoms with Gasteiger partial charge in [-0.2, -0.15) is 0 Å². The number of ether oxygens (including phenoxy) is 1. The topological polar surface area (TPSA) is 32.8 Å². The summed E-state index contributed by atoms with van der Waals surface area (Å²) in [7, 11) is 1.48. The maximum absolute atomic E-state index is 12.4. The number of rotatable bonds is 5. The molecule has 132 valence electrons. The molecule has 1 saturated heterocycles. The van der Waals surface area contributed by atoms with E-state index in [1.165, 1.54) is 18.2 Å². The second-order valence-corrected chi connectivity index (χ2v) is 6.73. The average Bonchev–Trinajstić information content (AvgIpc) is 2.65. The van der Waals surface area contributed by atoms with Gasteiger partial charge in [0.1, 0.15) is 6.04 Å². The van der Waals surface area contributed by atoms with Gasteiger partial charge >= 0.3 is 5.97 Å². The highest BCUT2D eigenvalue weighted by atomic mass is 16.5. The van der Waals surface area contributed by atoms with Gasteiger partial charge in [-0.1, -0.05) is 60.7 Å². The van der Waals surface area contributed by atoms with Crippen LogP contribution >= 0.6 is 0 Å². The number of piperazine rings is 1. The van der Waals surface area contributed by atoms with Gasteiger partial charge in [0.15, 0.2) is 0 Å². The molecule has 0 saturated carbocycles. The number of methoxy groups -OCH3 is 1. The van der Waals surface area contributed by atoms with Crippen LogP contribution in [0.15, 0.2) is 60.7 Å². The van der Waals surface area contributed by atoms with Gasteiger partial charge in [0.2, 0.25) is 0 Å². The van der Waals surface area contributed by atoms with Crippen LogP contribution < -0.4 is 0 Å². The minimum atomic E-state index is -0.238. The first-order valence-corrected chi connectivity index (χ1v) is 8.81. The van der Waals surface area contributed by atoms with Crippen molar-refractivity contribution in [2.75, 3.05) is 20.2 Å². The lowest BCUT2D eigenvalue weighted by atomic mass is 10.0. The Morgan fingerprint density at radius 2 is 1.52 bits per heavy atom. The standard InChI is InChI=1S/C21H26N2O2/c1-17-13-22(14-18-9-5-3-6-10-18)16-20(21(24)25-2)23(17)15-19-11-7-4-8-12-19/h3-12,17,20H,13-16H2,1-2H3/t17-,20+/m0/s1. The maximum atomic E-state index is 12.4. The van der Waals surface area contributed by atoms with E-state index in [9.17, 15) is 4.79 Å². The molecule has 0 aliphatic carbocycles. The molecule has 1 fully saturated rings. The summed E-state index contributed by atoms with van der Waals surface area (Å²) in [6.07, 6.45) is 0. The van der Waals surface area contributed by atoms with E-state index < -0.39 is 0 Å². The number of benzene rings is 2. The van der Waals surface area contributed by atoms with Crippen molar-refractivity contribution >= 4 is 5.97 Å². The third-order valence-corrected chi connectivity index (χ3v) is 4.85. The van der Waals surface area contributed by atoms with Gasteiger partial charge in [0.25, 0.3) is 0 Å². The van der Waals surface area contributed by atoms with E-state index in [0.717, 1.165) is 19.6 Å². The highest BCUT2D eigenvalue weighted by molar-refractivity contribution is 5.76. The molecule has 4 nitrogen and oxygen atoms in total. The Kier molecular flexibility index (Phi) is 5.84. The van der Waals surface area contributed by atoms with Crippen LogP contribution in [0.3, 0.4) is 0 Å². The average molecular weight is 338 g/mol. The molecule has 0 bridgehead atoms. The van der Waals surface area contributed by atoms with E-state index >= 15 is 0 Å². The Morgan fingerprint density at radius 1 is 0.960 bits per heavy atom. The lowest BCUT2D eigenvalue weighted by Gasteiger charge is -2.44. The van der Waals surface area contributed by atoms with Crippen LogP contribution in [0.1, 0.15) is 18.1 Å². The van der Waals surface area contributed by atoms with Crippen molar-refractivity contribution in [3.8, 4) is 0 Å². The molecule has 1 heterocycles. The first-order chi connectivity index (χ1) is 12.2. The minimum absolute atomic E-state index is 0.152. The fourth-order valence-corrected chi connectivity index (χ4v) is 3.59. The minimum Gasteiger partial charge on any atom is -0.468 e. The Hall–Kier alpha value is -2.17. The van der Waals surface area contributed by atoms with Crippen molar-refractivity contribution in [2.24, 2.45) is 0 Å². The third kappa shape index (κ3) is 4.47. The van der Waals surface area contributed by atoms with Crippen LogP contribution in [0.2, 0.25) is 0 Å². The number of esters is 1. The molecule has 0 unspecified atom stereocenters. The van der Waals surface area contributed by atoms with Gasteiger partial charge in [-0.05, 0) is 18.1 Å². The normalized spacial score (nSPS) is 21.8. The Bertz CT molecular complexity index is 675. The van der Waals surface area contributed by atoms with E-state index in [1.54, 1.807) is 0 Å². The zero-order valence-corrected chi connectivity index (χ0v) is 15.0. The van der Waals surface area contributed by atoms with Gasteiger partial charge < -0.3 is 4.74 Å². The highest BCUT2D eigenvalue weighted by Crippen LogP contribution is 2.21. The van der Waals surface area contributed by atoms with Crippen molar-refractivity contribution in [2.45, 2.75) is 32.1 Å². The molecular weight excluding hydrogens is 312 g/mol. The molecule has 0 aromatic heterocycles. The lowest BCUT2D eigenvalue weighted by Crippen LogP contribution is -2.59. The van der Waals surface area contributed by atoms with Gasteiger partial charge in [0, 0.05) is 32.2 Å². The fourth-order valence-electron chi connectivity index (χ4n) is 3.59. The SMILES string of the molecule is COC(=O)[C@H]1CN(Cc2ccccc2)C[C@H](C)N1Cc1ccccc1. The molecule has 3 rings (SSSR count). The van der Waals surface area contributed by atoms with Crippen LogP contribution in [-0.4, -0.2) is 48.1 Å². The van der Waals surface area contributed by atoms with Gasteiger partial charge in [0.05, 0.1) is 7.11 Å². The summed E-state index contributed by atoms with van der Waals surface area (Å²) in [6, 6.07) is 20.8. The first kappa shape index (κ1) is 17.6. The van der Waals surface area contributed by atoms with Crippen molar-refractivity contribution in [3.05, 3.63) is 71.8 Å². The molecule has 25 heavy (non-hydrogen) atoms. The molecule has 0 radical (unpaired) electrons. The molecular formula is C21H26N2O2. The van der Waals surface area contributed by atoms with Crippen LogP contribution in [0.25, 0.3) is 0 Å². The summed E-state index contributed by atoms with van der Waals surface area (Å²) < 4.78 is 5.10. The Morgan fingerprint density at radius 3 is 2.08 bits per heavy atom. The largest absolute Gasteiger partial charge is 0.468 e. The summed E-state index contributed by atoms with van der Waals surface area (Å²) in [5.74, 6) is -0.152. The second kappa shape index (κ2) is 8.28. The van der Waals surface area contributed by atoms with Crippen molar-refractivity contribution < 1.29 is 9.53 Å². The Labute approximate surface area is 150 Å². The second-order valence-electron chi connectivity index (χ2n) is 6.73. The van der Waals surface area contributed by atoms with Crippen LogP contribution in [0.5, 0.6) is 0 Å². The molecule has 1 aliphatic rings. The summed E-state index contributed by atoms with van der Waals surface area (Å²) in [4.78, 5) is 17.0. The summed E-state index contributed by atoms with van der Waals surface area (Å²) in [5, 5.41) is 0. The van der Waals surface area contributed by atoms with Crippen molar-refractivity contribution in [1.29, 1.82) is 0 Å². The summed E-state index contributed by atoms with van der Waals surface area (Å²) >= 11 is 0. The van der Waals surface area contributed by atoms with E-state index in [0.29, 0.717) is 6.54 Å². The van der Waals surface area contributed by atoms with E-state index in [2.05, 4.69) is 53.1 Å². The van der Waals surface area contributed by atoms with E-state index in [-0.39, 0.29) is 18.1 Å². The molecule has 2 atom stereocenters. The van der Waals surface area contributed by atoms with Crippen molar-refractivity contribution in [3.63, 3.8) is 0 Å². The zero-order valence-electron chi connectivity index (χ0n) is 15.0. The smallest absolute Gasteiger partial charge is 0.324 e. The van der Waals surface area contributed by atoms with Gasteiger partial charge in [-0.15, -0.1) is 0 Å². The van der Waals surface area contributed by atoms with Crippen LogP contribution in [0.4, 0.5) is 0 Å². The quantitative estimate of drug-likeness (QED) is 0.785. The maximum Gasteiger partial charge on any atom is 0.324 e. The van der Waals surface area contributed by atoms with Gasteiger partial charge in [-0.25, -0.2) is 0 Å². The number of carbonyl (C=O) groups excluding carboxylic acids is 1. The number of carbonyl (C=O) groups is 1. The highest BCUT2D eigenvalue weighted by Gasteiger charge is 2.37. The van der Waals surface area contributed by atoms with Crippen LogP contribution in [-0.2, 0) is 22.6 Å². The third-order valence-electron chi connectivity index (χ3n) is 4.85. The molecule has 0 spiro atoms. The lowest BCUT2D eigenvalue weighted by molar-refractivity contribution is -0.152. The molecule has 4 heteroatoms. The van der Waals surface area contributed by atoms with Gasteiger partial charge in [-0.3, -0.25) is 14.6 Å². The number of nitrogens with zero attached hydrogens (tertiary/aromatic N) is 2. The summed E-state index contributed by atoms with van der Waals surface area (Å²) in [5.41, 5.74) is 2.49. The molecule has 0 N–H and O–H groups in total. The van der Waals surface area contributed by atoms with Crippen molar-refractivity contribution in [1.82, 2.24) is 9.80 Å². The fraction of sp³-hybridized carbons (Fsp3) is 0.381. The Balaban J connectivity index is 1.74. The molecule has 2 aromatic carbocycles. The van der Waals surface area contributed by atoms with E-state index in [1.807, 2.05) is 24.3 Å². The number of hydrogen-bond acceptors (Lipinski definition) is 4. The monoisotopic (exact) mass is 338 g/mol. The molecule has 2 aromatic rings.